The topological polar surface area (TPSA) is 32.3 Å². The second-order valence-electron chi connectivity index (χ2n) is 6.40. The average Bonchev–Trinajstić information content (AvgIpc) is 2.52. The number of nitrogens with zero attached hydrogens (tertiary/aromatic N) is 1. The first-order chi connectivity index (χ1) is 9.77. The quantitative estimate of drug-likeness (QED) is 0.763. The molecule has 0 aromatic carbocycles. The zero-order valence-electron chi connectivity index (χ0n) is 12.6. The first-order valence-electron chi connectivity index (χ1n) is 8.35. The van der Waals surface area contributed by atoms with Crippen LogP contribution in [0.15, 0.2) is 0 Å². The van der Waals surface area contributed by atoms with Gasteiger partial charge in [0, 0.05) is 24.4 Å². The fraction of sp³-hybridized carbons (Fsp3) is 0.938. The molecule has 1 aliphatic heterocycles. The van der Waals surface area contributed by atoms with Gasteiger partial charge in [-0.1, -0.05) is 25.7 Å². The van der Waals surface area contributed by atoms with Crippen molar-refractivity contribution in [2.75, 3.05) is 25.5 Å². The minimum atomic E-state index is 0.174. The van der Waals surface area contributed by atoms with Crippen molar-refractivity contribution in [3.05, 3.63) is 0 Å². The van der Waals surface area contributed by atoms with Crippen molar-refractivity contribution < 1.29 is 4.79 Å². The fourth-order valence-corrected chi connectivity index (χ4v) is 3.90. The average molecular weight is 301 g/mol. The molecular weight excluding hydrogens is 272 g/mol. The van der Waals surface area contributed by atoms with Crippen molar-refractivity contribution in [3.8, 4) is 0 Å². The largest absolute Gasteiger partial charge is 0.354 e. The van der Waals surface area contributed by atoms with Crippen LogP contribution >= 0.6 is 11.6 Å². The van der Waals surface area contributed by atoms with Gasteiger partial charge in [-0.05, 0) is 45.2 Å². The molecule has 2 rings (SSSR count). The van der Waals surface area contributed by atoms with E-state index in [0.29, 0.717) is 12.3 Å². The molecule has 1 N–H and O–H groups in total. The summed E-state index contributed by atoms with van der Waals surface area (Å²) in [5, 5.41) is 3.19. The van der Waals surface area contributed by atoms with E-state index in [2.05, 4.69) is 10.2 Å². The number of alkyl halides is 1. The van der Waals surface area contributed by atoms with Crippen LogP contribution in [-0.2, 0) is 4.79 Å². The lowest BCUT2D eigenvalue weighted by Gasteiger charge is -2.48. The van der Waals surface area contributed by atoms with Gasteiger partial charge >= 0.3 is 0 Å². The van der Waals surface area contributed by atoms with Crippen molar-refractivity contribution >= 4 is 17.5 Å². The SMILES string of the molecule is O=C(CCCCl)NCC1(N2CCCCC2)CCCCC1. The molecule has 116 valence electrons. The Hall–Kier alpha value is -0.280. The number of nitrogens with one attached hydrogen (secondary N) is 1. The van der Waals surface area contributed by atoms with Crippen molar-refractivity contribution in [1.29, 1.82) is 0 Å². The Morgan fingerprint density at radius 1 is 1.05 bits per heavy atom. The third-order valence-corrected chi connectivity index (χ3v) is 5.23. The Morgan fingerprint density at radius 3 is 2.35 bits per heavy atom. The number of amides is 1. The van der Waals surface area contributed by atoms with Crippen LogP contribution in [-0.4, -0.2) is 41.9 Å². The van der Waals surface area contributed by atoms with Crippen LogP contribution in [0.5, 0.6) is 0 Å². The highest BCUT2D eigenvalue weighted by Gasteiger charge is 2.38. The minimum absolute atomic E-state index is 0.174. The summed E-state index contributed by atoms with van der Waals surface area (Å²) < 4.78 is 0. The first kappa shape index (κ1) is 16.1. The number of hydrogen-bond acceptors (Lipinski definition) is 2. The van der Waals surface area contributed by atoms with E-state index in [1.165, 1.54) is 64.5 Å². The molecule has 4 heteroatoms. The third kappa shape index (κ3) is 4.36. The molecule has 3 nitrogen and oxygen atoms in total. The predicted octanol–water partition coefficient (Wildman–Crippen LogP) is 3.31. The maximum absolute atomic E-state index is 11.9. The van der Waals surface area contributed by atoms with Crippen LogP contribution in [0.4, 0.5) is 0 Å². The van der Waals surface area contributed by atoms with Crippen molar-refractivity contribution in [2.45, 2.75) is 69.7 Å². The molecule has 0 aromatic heterocycles. The zero-order valence-corrected chi connectivity index (χ0v) is 13.4. The number of piperidine rings is 1. The van der Waals surface area contributed by atoms with Gasteiger partial charge in [0.2, 0.25) is 5.91 Å². The highest BCUT2D eigenvalue weighted by Crippen LogP contribution is 2.35. The number of halogens is 1. The molecule has 0 atom stereocenters. The Labute approximate surface area is 128 Å². The lowest BCUT2D eigenvalue weighted by atomic mass is 9.79. The standard InChI is InChI=1S/C16H29ClN2O/c17-11-7-8-15(20)18-14-16(9-3-1-4-10-16)19-12-5-2-6-13-19/h1-14H2,(H,18,20). The molecule has 20 heavy (non-hydrogen) atoms. The van der Waals surface area contributed by atoms with Crippen molar-refractivity contribution in [2.24, 2.45) is 0 Å². The summed E-state index contributed by atoms with van der Waals surface area (Å²) in [6.07, 6.45) is 11.9. The van der Waals surface area contributed by atoms with Crippen molar-refractivity contribution in [1.82, 2.24) is 10.2 Å². The highest BCUT2D eigenvalue weighted by atomic mass is 35.5. The monoisotopic (exact) mass is 300 g/mol. The smallest absolute Gasteiger partial charge is 0.220 e. The molecule has 2 aliphatic rings. The summed E-state index contributed by atoms with van der Waals surface area (Å²) in [5.74, 6) is 0.748. The maximum atomic E-state index is 11.9. The summed E-state index contributed by atoms with van der Waals surface area (Å²) in [4.78, 5) is 14.6. The van der Waals surface area contributed by atoms with Gasteiger partial charge in [0.25, 0.3) is 0 Å². The van der Waals surface area contributed by atoms with E-state index in [1.807, 2.05) is 0 Å². The van der Waals surface area contributed by atoms with Crippen LogP contribution in [0.1, 0.15) is 64.2 Å². The van der Waals surface area contributed by atoms with E-state index in [0.717, 1.165) is 13.0 Å². The minimum Gasteiger partial charge on any atom is -0.354 e. The number of hydrogen-bond donors (Lipinski definition) is 1. The van der Waals surface area contributed by atoms with Crippen LogP contribution in [0.25, 0.3) is 0 Å². The summed E-state index contributed by atoms with van der Waals surface area (Å²) in [5.41, 5.74) is 0.245. The van der Waals surface area contributed by atoms with E-state index < -0.39 is 0 Å². The normalized spacial score (nSPS) is 23.4. The van der Waals surface area contributed by atoms with Gasteiger partial charge in [0.15, 0.2) is 0 Å². The maximum Gasteiger partial charge on any atom is 0.220 e. The van der Waals surface area contributed by atoms with Crippen LogP contribution in [0.2, 0.25) is 0 Å². The number of likely N-dealkylation sites (tertiary alicyclic amines) is 1. The Balaban J connectivity index is 1.90. The number of carbonyl (C=O) groups is 1. The van der Waals surface area contributed by atoms with E-state index in [-0.39, 0.29) is 11.4 Å². The molecule has 0 aromatic rings. The second kappa shape index (κ2) is 8.23. The Morgan fingerprint density at radius 2 is 1.70 bits per heavy atom. The predicted molar refractivity (Wildman–Crippen MR) is 84.2 cm³/mol. The van der Waals surface area contributed by atoms with Gasteiger partial charge in [-0.3, -0.25) is 9.69 Å². The van der Waals surface area contributed by atoms with Crippen LogP contribution in [0.3, 0.4) is 0 Å². The molecule has 0 unspecified atom stereocenters. The molecule has 1 heterocycles. The lowest BCUT2D eigenvalue weighted by Crippen LogP contribution is -2.58. The Bertz CT molecular complexity index is 297. The molecule has 1 amide bonds. The first-order valence-corrected chi connectivity index (χ1v) is 8.88. The highest BCUT2D eigenvalue weighted by molar-refractivity contribution is 6.17. The molecule has 0 bridgehead atoms. The van der Waals surface area contributed by atoms with Gasteiger partial charge in [0.1, 0.15) is 0 Å². The number of carbonyl (C=O) groups excluding carboxylic acids is 1. The second-order valence-corrected chi connectivity index (χ2v) is 6.78. The lowest BCUT2D eigenvalue weighted by molar-refractivity contribution is -0.122. The fourth-order valence-electron chi connectivity index (χ4n) is 3.76. The van der Waals surface area contributed by atoms with Gasteiger partial charge in [-0.15, -0.1) is 11.6 Å². The molecule has 2 fully saturated rings. The van der Waals surface area contributed by atoms with Crippen molar-refractivity contribution in [3.63, 3.8) is 0 Å². The van der Waals surface area contributed by atoms with E-state index in [1.54, 1.807) is 0 Å². The van der Waals surface area contributed by atoms with E-state index in [4.69, 9.17) is 11.6 Å². The Kier molecular flexibility index (Phi) is 6.63. The summed E-state index contributed by atoms with van der Waals surface area (Å²) in [7, 11) is 0. The summed E-state index contributed by atoms with van der Waals surface area (Å²) in [6, 6.07) is 0. The molecule has 0 radical (unpaired) electrons. The molecular formula is C16H29ClN2O. The van der Waals surface area contributed by atoms with Crippen LogP contribution < -0.4 is 5.32 Å². The van der Waals surface area contributed by atoms with Gasteiger partial charge in [-0.25, -0.2) is 0 Å². The number of rotatable bonds is 6. The van der Waals surface area contributed by atoms with E-state index in [9.17, 15) is 4.79 Å². The zero-order chi connectivity index (χ0) is 14.3. The third-order valence-electron chi connectivity index (χ3n) is 4.96. The van der Waals surface area contributed by atoms with E-state index >= 15 is 0 Å². The van der Waals surface area contributed by atoms with Gasteiger partial charge < -0.3 is 5.32 Å². The molecule has 1 saturated carbocycles. The van der Waals surface area contributed by atoms with Gasteiger partial charge in [-0.2, -0.15) is 0 Å². The summed E-state index contributed by atoms with van der Waals surface area (Å²) >= 11 is 5.66. The molecule has 0 spiro atoms. The van der Waals surface area contributed by atoms with Gasteiger partial charge in [0.05, 0.1) is 0 Å². The van der Waals surface area contributed by atoms with Crippen LogP contribution in [0, 0.1) is 0 Å². The molecule has 1 aliphatic carbocycles. The molecule has 1 saturated heterocycles. The summed E-state index contributed by atoms with van der Waals surface area (Å²) in [6.45, 7) is 3.28.